The van der Waals surface area contributed by atoms with Crippen molar-refractivity contribution in [1.82, 2.24) is 10.6 Å². The van der Waals surface area contributed by atoms with E-state index in [0.29, 0.717) is 0 Å². The summed E-state index contributed by atoms with van der Waals surface area (Å²) in [5, 5.41) is 5.71. The number of nitrogens with one attached hydrogen (secondary N) is 2. The number of amides is 3. The van der Waals surface area contributed by atoms with Gasteiger partial charge >= 0.3 is 6.03 Å². The van der Waals surface area contributed by atoms with E-state index in [1.165, 1.54) is 25.7 Å². The topological polar surface area (TPSA) is 84.2 Å². The van der Waals surface area contributed by atoms with Gasteiger partial charge in [-0.3, -0.25) is 4.79 Å². The number of aryl methyl sites for hydroxylation is 1. The second-order valence-corrected chi connectivity index (χ2v) is 7.75. The second-order valence-electron chi connectivity index (χ2n) is 7.75. The maximum absolute atomic E-state index is 12.3. The fraction of sp³-hybridized carbons (Fsp3) is 0.600. The van der Waals surface area contributed by atoms with E-state index in [-0.39, 0.29) is 18.4 Å². The van der Waals surface area contributed by atoms with Crippen LogP contribution in [0, 0.1) is 24.7 Å². The molecule has 3 amide bonds. The SMILES string of the molecule is Cc1cccc(C(CC(=O)NCCC2CC3CCC2C3)NC(N)=O)c1. The summed E-state index contributed by atoms with van der Waals surface area (Å²) in [6.07, 6.45) is 6.81. The lowest BCUT2D eigenvalue weighted by atomic mass is 9.86. The van der Waals surface area contributed by atoms with E-state index in [2.05, 4.69) is 10.6 Å². The van der Waals surface area contributed by atoms with Crippen LogP contribution in [0.3, 0.4) is 0 Å². The number of rotatable bonds is 7. The highest BCUT2D eigenvalue weighted by Crippen LogP contribution is 2.49. The largest absolute Gasteiger partial charge is 0.356 e. The Balaban J connectivity index is 1.49. The molecule has 0 aromatic heterocycles. The lowest BCUT2D eigenvalue weighted by Gasteiger charge is -2.22. The van der Waals surface area contributed by atoms with E-state index in [0.717, 1.165) is 41.8 Å². The van der Waals surface area contributed by atoms with Crippen LogP contribution < -0.4 is 16.4 Å². The molecule has 0 radical (unpaired) electrons. The Morgan fingerprint density at radius 2 is 2.12 bits per heavy atom. The predicted octanol–water partition coefficient (Wildman–Crippen LogP) is 3.04. The maximum Gasteiger partial charge on any atom is 0.312 e. The minimum absolute atomic E-state index is 0.0385. The molecule has 0 spiro atoms. The van der Waals surface area contributed by atoms with Crippen molar-refractivity contribution in [2.45, 2.75) is 51.5 Å². The summed E-state index contributed by atoms with van der Waals surface area (Å²) in [6, 6.07) is 6.80. The number of hydrogen-bond donors (Lipinski definition) is 3. The summed E-state index contributed by atoms with van der Waals surface area (Å²) < 4.78 is 0. The van der Waals surface area contributed by atoms with E-state index in [4.69, 9.17) is 5.73 Å². The lowest BCUT2D eigenvalue weighted by molar-refractivity contribution is -0.121. The van der Waals surface area contributed by atoms with Crippen LogP contribution in [-0.2, 0) is 4.79 Å². The van der Waals surface area contributed by atoms with Crippen LogP contribution in [0.2, 0.25) is 0 Å². The van der Waals surface area contributed by atoms with Crippen molar-refractivity contribution in [3.8, 4) is 0 Å². The van der Waals surface area contributed by atoms with Gasteiger partial charge < -0.3 is 16.4 Å². The minimum Gasteiger partial charge on any atom is -0.356 e. The summed E-state index contributed by atoms with van der Waals surface area (Å²) in [5.74, 6) is 2.58. The highest BCUT2D eigenvalue weighted by molar-refractivity contribution is 5.78. The van der Waals surface area contributed by atoms with Crippen molar-refractivity contribution in [3.63, 3.8) is 0 Å². The third-order valence-electron chi connectivity index (χ3n) is 5.87. The zero-order valence-electron chi connectivity index (χ0n) is 15.0. The van der Waals surface area contributed by atoms with E-state index in [1.807, 2.05) is 31.2 Å². The first-order valence-corrected chi connectivity index (χ1v) is 9.40. The summed E-state index contributed by atoms with van der Waals surface area (Å²) in [5.41, 5.74) is 7.27. The monoisotopic (exact) mass is 343 g/mol. The van der Waals surface area contributed by atoms with Crippen molar-refractivity contribution in [2.75, 3.05) is 6.54 Å². The summed E-state index contributed by atoms with van der Waals surface area (Å²) in [4.78, 5) is 23.6. The molecule has 0 heterocycles. The Kier molecular flexibility index (Phi) is 5.61. The molecular weight excluding hydrogens is 314 g/mol. The number of fused-ring (bicyclic) bond motifs is 2. The number of urea groups is 1. The van der Waals surface area contributed by atoms with Crippen molar-refractivity contribution in [2.24, 2.45) is 23.5 Å². The minimum atomic E-state index is -0.610. The van der Waals surface area contributed by atoms with Gasteiger partial charge in [-0.05, 0) is 55.9 Å². The highest BCUT2D eigenvalue weighted by atomic mass is 16.2. The molecule has 4 N–H and O–H groups in total. The van der Waals surface area contributed by atoms with Gasteiger partial charge in [0.15, 0.2) is 0 Å². The summed E-state index contributed by atoms with van der Waals surface area (Å²) >= 11 is 0. The molecule has 5 nitrogen and oxygen atoms in total. The van der Waals surface area contributed by atoms with Gasteiger partial charge in [0.1, 0.15) is 0 Å². The molecule has 136 valence electrons. The van der Waals surface area contributed by atoms with Crippen molar-refractivity contribution < 1.29 is 9.59 Å². The number of carbonyl (C=O) groups excluding carboxylic acids is 2. The van der Waals surface area contributed by atoms with Crippen LogP contribution in [0.5, 0.6) is 0 Å². The predicted molar refractivity (Wildman–Crippen MR) is 97.8 cm³/mol. The standard InChI is InChI=1S/C20H29N3O2/c1-13-3-2-4-17(9-13)18(23-20(21)25)12-19(24)22-8-7-16-11-14-5-6-15(16)10-14/h2-4,9,14-16,18H,5-8,10-12H2,1H3,(H,22,24)(H3,21,23,25). The van der Waals surface area contributed by atoms with Crippen LogP contribution in [0.1, 0.15) is 55.7 Å². The molecule has 5 heteroatoms. The molecule has 0 saturated heterocycles. The Morgan fingerprint density at radius 3 is 2.76 bits per heavy atom. The Labute approximate surface area is 149 Å². The average Bonchev–Trinajstić information content (AvgIpc) is 3.17. The quantitative estimate of drug-likeness (QED) is 0.711. The number of primary amides is 1. The molecule has 4 atom stereocenters. The first kappa shape index (κ1) is 17.8. The zero-order valence-corrected chi connectivity index (χ0v) is 15.0. The Bertz CT molecular complexity index is 631. The molecule has 2 fully saturated rings. The molecule has 2 aliphatic rings. The molecule has 4 unspecified atom stereocenters. The van der Waals surface area contributed by atoms with Crippen LogP contribution >= 0.6 is 0 Å². The van der Waals surface area contributed by atoms with Gasteiger partial charge in [0.2, 0.25) is 5.91 Å². The van der Waals surface area contributed by atoms with Gasteiger partial charge in [-0.25, -0.2) is 4.79 Å². The van der Waals surface area contributed by atoms with Gasteiger partial charge in [-0.2, -0.15) is 0 Å². The highest BCUT2D eigenvalue weighted by Gasteiger charge is 2.38. The van der Waals surface area contributed by atoms with Crippen LogP contribution in [-0.4, -0.2) is 18.5 Å². The lowest BCUT2D eigenvalue weighted by Crippen LogP contribution is -2.37. The molecule has 2 bridgehead atoms. The van der Waals surface area contributed by atoms with E-state index < -0.39 is 6.03 Å². The van der Waals surface area contributed by atoms with Gasteiger partial charge in [0, 0.05) is 6.54 Å². The van der Waals surface area contributed by atoms with E-state index >= 15 is 0 Å². The molecular formula is C20H29N3O2. The molecule has 1 aromatic rings. The summed E-state index contributed by atoms with van der Waals surface area (Å²) in [6.45, 7) is 2.71. The average molecular weight is 343 g/mol. The van der Waals surface area contributed by atoms with Gasteiger partial charge in [0.25, 0.3) is 0 Å². The third kappa shape index (κ3) is 4.74. The number of nitrogens with two attached hydrogens (primary N) is 1. The fourth-order valence-corrected chi connectivity index (χ4v) is 4.70. The van der Waals surface area contributed by atoms with Crippen molar-refractivity contribution in [1.29, 1.82) is 0 Å². The van der Waals surface area contributed by atoms with Gasteiger partial charge in [0.05, 0.1) is 12.5 Å². The molecule has 2 aliphatic carbocycles. The second kappa shape index (κ2) is 7.89. The van der Waals surface area contributed by atoms with Crippen molar-refractivity contribution in [3.05, 3.63) is 35.4 Å². The number of carbonyl (C=O) groups is 2. The third-order valence-corrected chi connectivity index (χ3v) is 5.87. The van der Waals surface area contributed by atoms with Crippen LogP contribution in [0.4, 0.5) is 4.79 Å². The molecule has 1 aromatic carbocycles. The maximum atomic E-state index is 12.3. The molecule has 2 saturated carbocycles. The first-order chi connectivity index (χ1) is 12.0. The molecule has 0 aliphatic heterocycles. The van der Waals surface area contributed by atoms with E-state index in [1.54, 1.807) is 0 Å². The smallest absolute Gasteiger partial charge is 0.312 e. The van der Waals surface area contributed by atoms with Gasteiger partial charge in [-0.1, -0.05) is 36.2 Å². The number of benzene rings is 1. The van der Waals surface area contributed by atoms with E-state index in [9.17, 15) is 9.59 Å². The number of hydrogen-bond acceptors (Lipinski definition) is 2. The van der Waals surface area contributed by atoms with Crippen LogP contribution in [0.25, 0.3) is 0 Å². The van der Waals surface area contributed by atoms with Crippen molar-refractivity contribution >= 4 is 11.9 Å². The van der Waals surface area contributed by atoms with Crippen LogP contribution in [0.15, 0.2) is 24.3 Å². The first-order valence-electron chi connectivity index (χ1n) is 9.40. The molecule has 3 rings (SSSR count). The normalized spacial score (nSPS) is 25.6. The van der Waals surface area contributed by atoms with Gasteiger partial charge in [-0.15, -0.1) is 0 Å². The molecule has 25 heavy (non-hydrogen) atoms. The zero-order chi connectivity index (χ0) is 17.8. The summed E-state index contributed by atoms with van der Waals surface area (Å²) in [7, 11) is 0. The fourth-order valence-electron chi connectivity index (χ4n) is 4.70. The Hall–Kier alpha value is -2.04. The Morgan fingerprint density at radius 1 is 1.28 bits per heavy atom.